The number of ether oxygens (including phenoxy) is 3. The van der Waals surface area contributed by atoms with Crippen molar-refractivity contribution < 1.29 is 37.8 Å². The van der Waals surface area contributed by atoms with E-state index < -0.39 is 53.3 Å². The molecule has 0 aliphatic heterocycles. The number of carbonyl (C=O) groups excluding carboxylic acids is 3. The van der Waals surface area contributed by atoms with Crippen LogP contribution >= 0.6 is 37.9 Å². The molecule has 0 rings (SSSR count). The Morgan fingerprint density at radius 3 is 1.00 bits per heavy atom. The zero-order valence-corrected chi connectivity index (χ0v) is 27.3. The number of rotatable bonds is 18. The van der Waals surface area contributed by atoms with Crippen LogP contribution in [0.5, 0.6) is 0 Å². The van der Waals surface area contributed by atoms with Gasteiger partial charge in [-0.3, -0.25) is 0 Å². The summed E-state index contributed by atoms with van der Waals surface area (Å²) < 4.78 is 32.2. The van der Waals surface area contributed by atoms with E-state index in [0.717, 1.165) is 0 Å². The minimum atomic E-state index is -5.03. The van der Waals surface area contributed by atoms with Crippen molar-refractivity contribution in [2.24, 2.45) is 0 Å². The van der Waals surface area contributed by atoms with Gasteiger partial charge < -0.3 is 0 Å². The fourth-order valence-electron chi connectivity index (χ4n) is 2.70. The summed E-state index contributed by atoms with van der Waals surface area (Å²) in [6.45, 7) is 5.60. The Kier molecular flexibility index (Phi) is 18.5. The average Bonchev–Trinajstić information content (AvgIpc) is 2.82. The summed E-state index contributed by atoms with van der Waals surface area (Å²) in [5.74, 6) is -2.16. The molecule has 0 aromatic carbocycles. The van der Waals surface area contributed by atoms with Gasteiger partial charge in [-0.2, -0.15) is 0 Å². The molecule has 0 spiro atoms. The summed E-state index contributed by atoms with van der Waals surface area (Å²) in [6.07, 6.45) is 2.61. The van der Waals surface area contributed by atoms with Gasteiger partial charge in [0, 0.05) is 0 Å². The predicted molar refractivity (Wildman–Crippen MR) is 145 cm³/mol. The first-order valence-corrected chi connectivity index (χ1v) is 19.5. The van der Waals surface area contributed by atoms with Crippen molar-refractivity contribution in [3.63, 3.8) is 0 Å². The van der Waals surface area contributed by atoms with Crippen LogP contribution in [0.25, 0.3) is 0 Å². The summed E-state index contributed by atoms with van der Waals surface area (Å²) in [5, 5.41) is -2.40. The molecule has 0 amide bonds. The average molecular weight is 665 g/mol. The molecule has 0 aliphatic rings. The third kappa shape index (κ3) is 15.2. The molecule has 0 aromatic heterocycles. The molecule has 0 bridgehead atoms. The van der Waals surface area contributed by atoms with Crippen molar-refractivity contribution in [3.8, 4) is 0 Å². The third-order valence-corrected chi connectivity index (χ3v) is 11.7. The maximum absolute atomic E-state index is 12.7. The number of carbonyl (C=O) groups is 3. The summed E-state index contributed by atoms with van der Waals surface area (Å²) in [6, 6.07) is 0. The quantitative estimate of drug-likeness (QED) is 0.150. The molecule has 9 nitrogen and oxygen atoms in total. The molecule has 0 fully saturated rings. The van der Waals surface area contributed by atoms with E-state index in [9.17, 15) is 14.4 Å². The van der Waals surface area contributed by atoms with Crippen LogP contribution in [0, 0.1) is 0 Å². The van der Waals surface area contributed by atoms with Crippen LogP contribution in [0.3, 0.4) is 0 Å². The van der Waals surface area contributed by atoms with E-state index in [2.05, 4.69) is 37.9 Å². The minimum absolute atomic E-state index is 0.0677. The van der Waals surface area contributed by atoms with Gasteiger partial charge in [-0.05, 0) is 0 Å². The van der Waals surface area contributed by atoms with Crippen LogP contribution in [-0.4, -0.2) is 92.9 Å². The van der Waals surface area contributed by atoms with Gasteiger partial charge in [-0.15, -0.1) is 0 Å². The van der Waals surface area contributed by atoms with Gasteiger partial charge in [0.05, 0.1) is 0 Å². The van der Waals surface area contributed by atoms with E-state index in [1.54, 1.807) is 21.3 Å². The van der Waals surface area contributed by atoms with Crippen LogP contribution in [0.1, 0.15) is 59.3 Å². The Morgan fingerprint density at radius 1 is 0.571 bits per heavy atom. The summed E-state index contributed by atoms with van der Waals surface area (Å²) in [4.78, 5) is 39.6. The number of hydrogen-bond donors (Lipinski definition) is 3. The van der Waals surface area contributed by atoms with Crippen LogP contribution in [0.15, 0.2) is 0 Å². The molecule has 0 radical (unpaired) electrons. The van der Waals surface area contributed by atoms with Crippen LogP contribution < -0.4 is 0 Å². The van der Waals surface area contributed by atoms with Crippen molar-refractivity contribution in [1.82, 2.24) is 0 Å². The predicted octanol–water partition coefficient (Wildman–Crippen LogP) is 3.53. The molecule has 0 aliphatic carbocycles. The van der Waals surface area contributed by atoms with Crippen molar-refractivity contribution in [2.45, 2.75) is 98.3 Å². The molecule has 6 unspecified atom stereocenters. The first-order valence-electron chi connectivity index (χ1n) is 11.6. The Balaban J connectivity index is 5.40. The van der Waals surface area contributed by atoms with Gasteiger partial charge in [0.15, 0.2) is 0 Å². The zero-order valence-electron chi connectivity index (χ0n) is 21.7. The molecule has 13 heteroatoms. The Hall–Kier alpha value is 0.139. The van der Waals surface area contributed by atoms with Gasteiger partial charge in [0.25, 0.3) is 0 Å². The van der Waals surface area contributed by atoms with Crippen molar-refractivity contribution in [2.75, 3.05) is 21.3 Å². The van der Waals surface area contributed by atoms with Crippen molar-refractivity contribution in [1.29, 1.82) is 0 Å². The van der Waals surface area contributed by atoms with Crippen molar-refractivity contribution >= 4 is 75.4 Å². The van der Waals surface area contributed by atoms with E-state index in [4.69, 9.17) is 23.4 Å². The van der Waals surface area contributed by atoms with Gasteiger partial charge >= 0.3 is 233 Å². The van der Waals surface area contributed by atoms with Gasteiger partial charge in [-0.25, -0.2) is 0 Å². The monoisotopic (exact) mass is 666 g/mol. The van der Waals surface area contributed by atoms with Crippen LogP contribution in [-0.2, 0) is 37.8 Å². The summed E-state index contributed by atoms with van der Waals surface area (Å²) in [5.41, 5.74) is 0. The Labute approximate surface area is 231 Å². The first kappa shape index (κ1) is 35.1. The number of methoxy groups -OCH3 is 3. The molecule has 6 atom stereocenters. The molecular formula is C22H42O9S3Sn. The van der Waals surface area contributed by atoms with E-state index in [1.807, 2.05) is 20.8 Å². The standard InChI is InChI=1S/3C7H14O3S.CH3.Sn/c3*1-5(10-2)3-4-6(11)7(8)9;;/h3*5-6,11H,3-4H2,1-2H3,(H,8,9);1H3;/q;;;;+3/p-3. The number of thiol groups is 3. The SMILES string of the molecule is COC(C)CCC(S)C(=O)[O][Sn]([CH3])([O]C(=O)C(S)CCC(C)OC)[O]C(=O)C(S)CCC(C)OC. The van der Waals surface area contributed by atoms with Crippen molar-refractivity contribution in [3.05, 3.63) is 0 Å². The normalized spacial score (nSPS) is 18.3. The van der Waals surface area contributed by atoms with Gasteiger partial charge in [0.1, 0.15) is 0 Å². The van der Waals surface area contributed by atoms with E-state index in [0.29, 0.717) is 38.5 Å². The molecule has 0 N–H and O–H groups in total. The van der Waals surface area contributed by atoms with Crippen LogP contribution in [0.2, 0.25) is 4.94 Å². The Morgan fingerprint density at radius 2 is 0.800 bits per heavy atom. The molecule has 35 heavy (non-hydrogen) atoms. The molecular weight excluding hydrogens is 623 g/mol. The zero-order chi connectivity index (χ0) is 27.2. The molecule has 206 valence electrons. The van der Waals surface area contributed by atoms with Gasteiger partial charge in [0.2, 0.25) is 0 Å². The fourth-order valence-corrected chi connectivity index (χ4v) is 8.86. The Bertz CT molecular complexity index is 572. The molecule has 0 saturated heterocycles. The van der Waals surface area contributed by atoms with E-state index in [1.165, 1.54) is 4.94 Å². The second-order valence-electron chi connectivity index (χ2n) is 8.54. The van der Waals surface area contributed by atoms with Crippen LogP contribution in [0.4, 0.5) is 0 Å². The topological polar surface area (TPSA) is 107 Å². The van der Waals surface area contributed by atoms with E-state index >= 15 is 0 Å². The van der Waals surface area contributed by atoms with E-state index in [-0.39, 0.29) is 18.3 Å². The second-order valence-corrected chi connectivity index (χ2v) is 17.1. The molecule has 0 heterocycles. The third-order valence-electron chi connectivity index (χ3n) is 5.42. The van der Waals surface area contributed by atoms with Gasteiger partial charge in [-0.1, -0.05) is 0 Å². The summed E-state index contributed by atoms with van der Waals surface area (Å²) >= 11 is 7.91. The molecule has 0 aromatic rings. The summed E-state index contributed by atoms with van der Waals surface area (Å²) in [7, 11) is 4.72. The fraction of sp³-hybridized carbons (Fsp3) is 0.864. The number of hydrogen-bond acceptors (Lipinski definition) is 12. The first-order chi connectivity index (χ1) is 16.3. The molecule has 0 saturated carbocycles. The second kappa shape index (κ2) is 18.4. The maximum atomic E-state index is 12.7.